The standard InChI is InChI=1S/C28H28F3N9O2S/c1-38(18-8-9-18)11-2-3-21(41)39-12-10-19(14-39)40-25-22(24(32)34-15-35-25)23(37-40)16-4-6-17(7-5-16)26(42)36-27-33-13-20(43-27)28(29,30)31/h2-7,13,15,18-19H,8-12,14H2,1H3,(H2,32,34,35)(H,33,36,42)/b3-2+. The van der Waals surface area contributed by atoms with E-state index in [4.69, 9.17) is 10.8 Å². The van der Waals surface area contributed by atoms with Crippen molar-refractivity contribution in [3.8, 4) is 11.3 Å². The highest BCUT2D eigenvalue weighted by Crippen LogP contribution is 2.36. The molecule has 0 radical (unpaired) electrons. The Balaban J connectivity index is 1.18. The summed E-state index contributed by atoms with van der Waals surface area (Å²) in [4.78, 5) is 40.9. The van der Waals surface area contributed by atoms with E-state index in [2.05, 4.69) is 32.2 Å². The molecule has 43 heavy (non-hydrogen) atoms. The molecule has 1 saturated heterocycles. The molecule has 1 aliphatic carbocycles. The lowest BCUT2D eigenvalue weighted by Gasteiger charge is -2.16. The normalized spacial score (nSPS) is 17.4. The van der Waals surface area contributed by atoms with Crippen molar-refractivity contribution in [2.24, 2.45) is 0 Å². The molecule has 6 rings (SSSR count). The lowest BCUT2D eigenvalue weighted by molar-refractivity contribution is -0.134. The fourth-order valence-corrected chi connectivity index (χ4v) is 5.77. The summed E-state index contributed by atoms with van der Waals surface area (Å²) in [6, 6.07) is 6.92. The molecule has 2 fully saturated rings. The van der Waals surface area contributed by atoms with Crippen molar-refractivity contribution in [3.05, 3.63) is 59.4 Å². The molecule has 4 heterocycles. The van der Waals surface area contributed by atoms with E-state index in [1.165, 1.54) is 31.3 Å². The Kier molecular flexibility index (Phi) is 7.60. The Morgan fingerprint density at radius 2 is 1.93 bits per heavy atom. The molecule has 3 N–H and O–H groups in total. The topological polar surface area (TPSA) is 135 Å². The van der Waals surface area contributed by atoms with Gasteiger partial charge in [0.2, 0.25) is 5.91 Å². The van der Waals surface area contributed by atoms with Crippen LogP contribution in [-0.2, 0) is 11.0 Å². The van der Waals surface area contributed by atoms with E-state index in [9.17, 15) is 22.8 Å². The van der Waals surface area contributed by atoms with Crippen LogP contribution >= 0.6 is 11.3 Å². The molecule has 1 unspecified atom stereocenters. The minimum Gasteiger partial charge on any atom is -0.383 e. The summed E-state index contributed by atoms with van der Waals surface area (Å²) >= 11 is 0.352. The highest BCUT2D eigenvalue weighted by atomic mass is 32.1. The monoisotopic (exact) mass is 611 g/mol. The van der Waals surface area contributed by atoms with Gasteiger partial charge in [-0.05, 0) is 38.4 Å². The number of halogens is 3. The number of nitrogens with one attached hydrogen (secondary N) is 1. The molecule has 2 aliphatic rings. The molecule has 1 saturated carbocycles. The maximum absolute atomic E-state index is 12.9. The van der Waals surface area contributed by atoms with Gasteiger partial charge in [-0.25, -0.2) is 19.6 Å². The van der Waals surface area contributed by atoms with Crippen molar-refractivity contribution < 1.29 is 22.8 Å². The molecule has 11 nitrogen and oxygen atoms in total. The minimum atomic E-state index is -4.53. The highest BCUT2D eigenvalue weighted by molar-refractivity contribution is 7.15. The van der Waals surface area contributed by atoms with Gasteiger partial charge in [-0.3, -0.25) is 19.8 Å². The van der Waals surface area contributed by atoms with Crippen molar-refractivity contribution in [1.29, 1.82) is 0 Å². The SMILES string of the molecule is CN(C/C=C/C(=O)N1CCC(n2nc(-c3ccc(C(=O)Nc4ncc(C(F)(F)F)s4)cc3)c3c(N)ncnc32)C1)C1CC1. The van der Waals surface area contributed by atoms with Crippen LogP contribution in [0, 0.1) is 0 Å². The number of hydrogen-bond acceptors (Lipinski definition) is 9. The van der Waals surface area contributed by atoms with E-state index in [1.807, 2.05) is 6.08 Å². The first-order chi connectivity index (χ1) is 20.6. The quantitative estimate of drug-likeness (QED) is 0.283. The first kappa shape index (κ1) is 28.7. The molecule has 1 aliphatic heterocycles. The summed E-state index contributed by atoms with van der Waals surface area (Å²) in [5.74, 6) is -0.401. The third kappa shape index (κ3) is 6.08. The molecule has 2 amide bonds. The van der Waals surface area contributed by atoms with Crippen molar-refractivity contribution in [1.82, 2.24) is 34.5 Å². The zero-order valence-electron chi connectivity index (χ0n) is 23.1. The van der Waals surface area contributed by atoms with Crippen molar-refractivity contribution in [2.75, 3.05) is 37.7 Å². The number of likely N-dealkylation sites (N-methyl/N-ethyl adjacent to an activating group) is 1. The predicted molar refractivity (Wildman–Crippen MR) is 155 cm³/mol. The largest absolute Gasteiger partial charge is 0.427 e. The van der Waals surface area contributed by atoms with Crippen LogP contribution in [0.2, 0.25) is 0 Å². The van der Waals surface area contributed by atoms with Gasteiger partial charge in [0.25, 0.3) is 5.91 Å². The van der Waals surface area contributed by atoms with Crippen molar-refractivity contribution >= 4 is 45.1 Å². The van der Waals surface area contributed by atoms with Gasteiger partial charge in [0.15, 0.2) is 10.8 Å². The number of rotatable bonds is 8. The maximum Gasteiger partial charge on any atom is 0.427 e. The van der Waals surface area contributed by atoms with E-state index < -0.39 is 17.0 Å². The summed E-state index contributed by atoms with van der Waals surface area (Å²) in [6.07, 6.45) is 4.17. The number of benzene rings is 1. The summed E-state index contributed by atoms with van der Waals surface area (Å²) in [7, 11) is 2.06. The van der Waals surface area contributed by atoms with Crippen LogP contribution < -0.4 is 11.1 Å². The van der Waals surface area contributed by atoms with E-state index in [0.717, 1.165) is 6.54 Å². The molecular formula is C28H28F3N9O2S. The Labute approximate surface area is 248 Å². The van der Waals surface area contributed by atoms with E-state index in [-0.39, 0.29) is 28.5 Å². The third-order valence-corrected chi connectivity index (χ3v) is 8.55. The number of hydrogen-bond donors (Lipinski definition) is 2. The van der Waals surface area contributed by atoms with Crippen LogP contribution in [0.3, 0.4) is 0 Å². The zero-order valence-corrected chi connectivity index (χ0v) is 23.9. The molecule has 4 aromatic rings. The van der Waals surface area contributed by atoms with Crippen LogP contribution in [-0.4, -0.2) is 79.1 Å². The first-order valence-corrected chi connectivity index (χ1v) is 14.5. The number of nitrogen functional groups attached to an aromatic ring is 1. The summed E-state index contributed by atoms with van der Waals surface area (Å²) in [5, 5.41) is 7.63. The average Bonchev–Trinajstić information content (AvgIpc) is 3.34. The van der Waals surface area contributed by atoms with Crippen molar-refractivity contribution in [2.45, 2.75) is 37.5 Å². The van der Waals surface area contributed by atoms with Gasteiger partial charge in [0.05, 0.1) is 17.6 Å². The second-order valence-corrected chi connectivity index (χ2v) is 11.6. The molecule has 1 aromatic carbocycles. The number of fused-ring (bicyclic) bond motifs is 1. The number of alkyl halides is 3. The number of thiazole rings is 1. The predicted octanol–water partition coefficient (Wildman–Crippen LogP) is 4.23. The average molecular weight is 612 g/mol. The number of aromatic nitrogens is 5. The number of nitrogens with two attached hydrogens (primary N) is 1. The molecule has 3 aromatic heterocycles. The fourth-order valence-electron chi connectivity index (χ4n) is 5.09. The van der Waals surface area contributed by atoms with E-state index >= 15 is 0 Å². The lowest BCUT2D eigenvalue weighted by Crippen LogP contribution is -2.28. The van der Waals surface area contributed by atoms with Gasteiger partial charge in [-0.15, -0.1) is 0 Å². The smallest absolute Gasteiger partial charge is 0.383 e. The van der Waals surface area contributed by atoms with Crippen molar-refractivity contribution in [3.63, 3.8) is 0 Å². The zero-order chi connectivity index (χ0) is 30.3. The van der Waals surface area contributed by atoms with E-state index in [1.54, 1.807) is 27.8 Å². The second kappa shape index (κ2) is 11.4. The number of amides is 2. The summed E-state index contributed by atoms with van der Waals surface area (Å²) in [6.45, 7) is 1.78. The number of carbonyl (C=O) groups excluding carboxylic acids is 2. The molecule has 15 heteroatoms. The van der Waals surface area contributed by atoms with Gasteiger partial charge in [-0.1, -0.05) is 29.5 Å². The van der Waals surface area contributed by atoms with Gasteiger partial charge in [0.1, 0.15) is 22.7 Å². The van der Waals surface area contributed by atoms with Gasteiger partial charge >= 0.3 is 6.18 Å². The number of carbonyl (C=O) groups is 2. The Morgan fingerprint density at radius 1 is 1.16 bits per heavy atom. The number of nitrogens with zero attached hydrogens (tertiary/aromatic N) is 7. The van der Waals surface area contributed by atoms with Crippen LogP contribution in [0.5, 0.6) is 0 Å². The van der Waals surface area contributed by atoms with Gasteiger partial charge in [-0.2, -0.15) is 18.3 Å². The summed E-state index contributed by atoms with van der Waals surface area (Å²) in [5.41, 5.74) is 8.17. The molecule has 224 valence electrons. The Bertz CT molecular complexity index is 1700. The summed E-state index contributed by atoms with van der Waals surface area (Å²) < 4.78 is 40.4. The van der Waals surface area contributed by atoms with Crippen LogP contribution in [0.4, 0.5) is 24.1 Å². The highest BCUT2D eigenvalue weighted by Gasteiger charge is 2.34. The van der Waals surface area contributed by atoms with Crippen LogP contribution in [0.15, 0.2) is 48.9 Å². The molecule has 0 spiro atoms. The van der Waals surface area contributed by atoms with Gasteiger partial charge in [0, 0.05) is 42.9 Å². The lowest BCUT2D eigenvalue weighted by atomic mass is 10.1. The molecule has 1 atom stereocenters. The fraction of sp³-hybridized carbons (Fsp3) is 0.357. The number of anilines is 2. The number of likely N-dealkylation sites (tertiary alicyclic amines) is 1. The Hall–Kier alpha value is -4.37. The Morgan fingerprint density at radius 3 is 2.63 bits per heavy atom. The van der Waals surface area contributed by atoms with Crippen LogP contribution in [0.25, 0.3) is 22.3 Å². The molecule has 0 bridgehead atoms. The third-order valence-electron chi connectivity index (χ3n) is 7.59. The maximum atomic E-state index is 12.9. The van der Waals surface area contributed by atoms with E-state index in [0.29, 0.717) is 65.4 Å². The van der Waals surface area contributed by atoms with Crippen LogP contribution in [0.1, 0.15) is 40.5 Å². The first-order valence-electron chi connectivity index (χ1n) is 13.7. The van der Waals surface area contributed by atoms with Gasteiger partial charge < -0.3 is 10.6 Å². The second-order valence-electron chi connectivity index (χ2n) is 10.6. The minimum absolute atomic E-state index is 0.0428. The molecular weight excluding hydrogens is 583 g/mol.